The van der Waals surface area contributed by atoms with Crippen LogP contribution < -0.4 is 10.6 Å². The van der Waals surface area contributed by atoms with Crippen LogP contribution in [-0.2, 0) is 9.53 Å². The lowest BCUT2D eigenvalue weighted by Crippen LogP contribution is -2.49. The van der Waals surface area contributed by atoms with Crippen LogP contribution in [0.2, 0.25) is 5.02 Å². The van der Waals surface area contributed by atoms with Crippen LogP contribution in [0.3, 0.4) is 0 Å². The fourth-order valence-electron chi connectivity index (χ4n) is 4.86. The smallest absolute Gasteiger partial charge is 0.411 e. The van der Waals surface area contributed by atoms with E-state index >= 15 is 0 Å². The van der Waals surface area contributed by atoms with Crippen molar-refractivity contribution in [3.05, 3.63) is 89.3 Å². The lowest BCUT2D eigenvalue weighted by atomic mass is 9.99. The van der Waals surface area contributed by atoms with Gasteiger partial charge in [0.05, 0.1) is 23.1 Å². The van der Waals surface area contributed by atoms with E-state index in [1.165, 1.54) is 12.4 Å². The molecule has 234 valence electrons. The standard InChI is InChI=1S/C30H28ClF3N8O3/c1-36-25(19-7-5-18(6-8-19)23-4-2-3-13-37-23)27(43)42(16-35)24(15-45-28(44)40-29(11-12-29)30(32,33)34)20-9-10-22(31)21(14-20)26-38-17-39-41-26/h2-10,13-14,16-17,24-25,35-36H,11-12,15H2,1H3,(H,40,44)(H,38,39,41)/t24-,25-/m1/s1. The highest BCUT2D eigenvalue weighted by molar-refractivity contribution is 6.33. The predicted octanol–water partition coefficient (Wildman–Crippen LogP) is 5.45. The van der Waals surface area contributed by atoms with Gasteiger partial charge in [-0.05, 0) is 55.3 Å². The number of rotatable bonds is 11. The Morgan fingerprint density at radius 2 is 1.87 bits per heavy atom. The number of alkyl halides is 3. The monoisotopic (exact) mass is 640 g/mol. The number of halogens is 4. The van der Waals surface area contributed by atoms with E-state index in [0.717, 1.165) is 22.5 Å². The number of aromatic nitrogens is 4. The van der Waals surface area contributed by atoms with Crippen LogP contribution in [0, 0.1) is 5.41 Å². The van der Waals surface area contributed by atoms with Gasteiger partial charge in [-0.1, -0.05) is 48.0 Å². The number of carbonyl (C=O) groups excluding carboxylic acids is 2. The summed E-state index contributed by atoms with van der Waals surface area (Å²) in [6.07, 6.45) is -2.74. The number of hydrogen-bond donors (Lipinski definition) is 4. The first-order valence-corrected chi connectivity index (χ1v) is 14.1. The molecule has 15 heteroatoms. The van der Waals surface area contributed by atoms with Gasteiger partial charge in [-0.15, -0.1) is 0 Å². The molecule has 4 aromatic rings. The van der Waals surface area contributed by atoms with Crippen LogP contribution in [0.4, 0.5) is 18.0 Å². The maximum atomic E-state index is 14.0. The van der Waals surface area contributed by atoms with Gasteiger partial charge in [0.15, 0.2) is 5.82 Å². The Labute approximate surface area is 260 Å². The summed E-state index contributed by atoms with van der Waals surface area (Å²) in [7, 11) is 1.58. The van der Waals surface area contributed by atoms with Crippen LogP contribution >= 0.6 is 11.6 Å². The van der Waals surface area contributed by atoms with Crippen LogP contribution in [0.5, 0.6) is 0 Å². The molecular weight excluding hydrogens is 613 g/mol. The molecule has 0 bridgehead atoms. The summed E-state index contributed by atoms with van der Waals surface area (Å²) in [6.45, 7) is -0.576. The molecule has 1 saturated carbocycles. The third-order valence-corrected chi connectivity index (χ3v) is 7.85. The molecule has 11 nitrogen and oxygen atoms in total. The first-order valence-electron chi connectivity index (χ1n) is 13.7. The number of aromatic amines is 1. The van der Waals surface area contributed by atoms with Gasteiger partial charge in [-0.25, -0.2) is 9.78 Å². The minimum Gasteiger partial charge on any atom is -0.447 e. The molecule has 2 aromatic carbocycles. The number of likely N-dealkylation sites (N-methyl/N-ethyl adjacent to an activating group) is 1. The largest absolute Gasteiger partial charge is 0.447 e. The maximum absolute atomic E-state index is 14.0. The zero-order valence-corrected chi connectivity index (χ0v) is 24.6. The third-order valence-electron chi connectivity index (χ3n) is 7.52. The van der Waals surface area contributed by atoms with Crippen molar-refractivity contribution in [1.82, 2.24) is 35.7 Å². The molecule has 0 unspecified atom stereocenters. The highest BCUT2D eigenvalue weighted by Gasteiger charge is 2.64. The Kier molecular flexibility index (Phi) is 9.16. The number of pyridine rings is 1. The molecule has 1 aliphatic carbocycles. The van der Waals surface area contributed by atoms with Crippen molar-refractivity contribution < 1.29 is 27.5 Å². The number of carbonyl (C=O) groups is 2. The van der Waals surface area contributed by atoms with Gasteiger partial charge >= 0.3 is 12.3 Å². The molecule has 45 heavy (non-hydrogen) atoms. The zero-order valence-electron chi connectivity index (χ0n) is 23.8. The summed E-state index contributed by atoms with van der Waals surface area (Å²) in [5, 5.41) is 19.9. The quantitative estimate of drug-likeness (QED) is 0.126. The Hall–Kier alpha value is -4.82. The SMILES string of the molecule is CN[C@@H](C(=O)N(C=N)[C@H](COC(=O)NC1(C(F)(F)F)CC1)c1ccc(Cl)c(-c2ncn[nH]2)c1)c1ccc(-c2ccccn2)cc1. The highest BCUT2D eigenvalue weighted by Crippen LogP contribution is 2.49. The van der Waals surface area contributed by atoms with Gasteiger partial charge in [-0.3, -0.25) is 25.2 Å². The molecule has 2 heterocycles. The minimum atomic E-state index is -4.64. The van der Waals surface area contributed by atoms with Crippen LogP contribution in [-0.4, -0.2) is 68.8 Å². The van der Waals surface area contributed by atoms with E-state index < -0.39 is 42.4 Å². The predicted molar refractivity (Wildman–Crippen MR) is 159 cm³/mol. The van der Waals surface area contributed by atoms with E-state index in [0.29, 0.717) is 27.5 Å². The Morgan fingerprint density at radius 3 is 2.44 bits per heavy atom. The van der Waals surface area contributed by atoms with Crippen molar-refractivity contribution in [2.45, 2.75) is 36.6 Å². The average Bonchev–Trinajstić information content (AvgIpc) is 3.63. The summed E-state index contributed by atoms with van der Waals surface area (Å²) in [5.74, 6) is -0.272. The number of hydrogen-bond acceptors (Lipinski definition) is 8. The normalized spacial score (nSPS) is 15.0. The molecule has 0 aliphatic heterocycles. The van der Waals surface area contributed by atoms with E-state index in [4.69, 9.17) is 21.7 Å². The number of H-pyrrole nitrogens is 1. The molecule has 2 atom stereocenters. The van der Waals surface area contributed by atoms with E-state index in [2.05, 4.69) is 25.5 Å². The molecule has 0 radical (unpaired) electrons. The molecule has 1 fully saturated rings. The second kappa shape index (κ2) is 13.0. The molecule has 2 aromatic heterocycles. The van der Waals surface area contributed by atoms with Crippen LogP contribution in [0.15, 0.2) is 73.2 Å². The van der Waals surface area contributed by atoms with Crippen LogP contribution in [0.1, 0.15) is 36.1 Å². The van der Waals surface area contributed by atoms with Gasteiger partial charge in [0, 0.05) is 17.3 Å². The molecule has 1 aliphatic rings. The number of ether oxygens (including phenoxy) is 1. The summed E-state index contributed by atoms with van der Waals surface area (Å²) < 4.78 is 45.6. The first kappa shape index (κ1) is 31.6. The number of amides is 2. The fraction of sp³-hybridized carbons (Fsp3) is 0.267. The Balaban J connectivity index is 1.44. The van der Waals surface area contributed by atoms with Gasteiger partial charge in [-0.2, -0.15) is 18.3 Å². The average molecular weight is 641 g/mol. The van der Waals surface area contributed by atoms with Gasteiger partial charge in [0.2, 0.25) is 5.91 Å². The third kappa shape index (κ3) is 6.81. The number of nitrogens with zero attached hydrogens (tertiary/aromatic N) is 4. The molecule has 5 rings (SSSR count). The number of benzene rings is 2. The molecule has 0 spiro atoms. The second-order valence-corrected chi connectivity index (χ2v) is 10.7. The summed E-state index contributed by atoms with van der Waals surface area (Å²) in [6, 6.07) is 15.2. The van der Waals surface area contributed by atoms with Crippen molar-refractivity contribution in [2.24, 2.45) is 0 Å². The topological polar surface area (TPSA) is 149 Å². The van der Waals surface area contributed by atoms with Crippen molar-refractivity contribution in [1.29, 1.82) is 5.41 Å². The summed E-state index contributed by atoms with van der Waals surface area (Å²) >= 11 is 6.40. The summed E-state index contributed by atoms with van der Waals surface area (Å²) in [4.78, 5) is 36.1. The van der Waals surface area contributed by atoms with Crippen molar-refractivity contribution in [3.63, 3.8) is 0 Å². The molecule has 0 saturated heterocycles. The number of nitrogens with one attached hydrogen (secondary N) is 4. The van der Waals surface area contributed by atoms with E-state index in [9.17, 15) is 22.8 Å². The Morgan fingerprint density at radius 1 is 1.13 bits per heavy atom. The fourth-order valence-corrected chi connectivity index (χ4v) is 5.07. The lowest BCUT2D eigenvalue weighted by Gasteiger charge is -2.31. The zero-order chi connectivity index (χ0) is 32.2. The Bertz CT molecular complexity index is 1650. The van der Waals surface area contributed by atoms with Crippen molar-refractivity contribution >= 4 is 29.9 Å². The minimum absolute atomic E-state index is 0.263. The van der Waals surface area contributed by atoms with Crippen LogP contribution in [0.25, 0.3) is 22.6 Å². The van der Waals surface area contributed by atoms with Gasteiger partial charge in [0.1, 0.15) is 24.5 Å². The molecule has 4 N–H and O–H groups in total. The lowest BCUT2D eigenvalue weighted by molar-refractivity contribution is -0.164. The van der Waals surface area contributed by atoms with Gasteiger partial charge in [0.25, 0.3) is 0 Å². The molecule has 2 amide bonds. The van der Waals surface area contributed by atoms with E-state index in [1.807, 2.05) is 29.6 Å². The second-order valence-electron chi connectivity index (χ2n) is 10.3. The number of alkyl carbamates (subject to hydrolysis) is 1. The van der Waals surface area contributed by atoms with Crippen molar-refractivity contribution in [2.75, 3.05) is 13.7 Å². The maximum Gasteiger partial charge on any atom is 0.411 e. The molecular formula is C30H28ClF3N8O3. The van der Waals surface area contributed by atoms with Crippen molar-refractivity contribution in [3.8, 4) is 22.6 Å². The highest BCUT2D eigenvalue weighted by atomic mass is 35.5. The van der Waals surface area contributed by atoms with Gasteiger partial charge < -0.3 is 15.4 Å². The summed E-state index contributed by atoms with van der Waals surface area (Å²) in [5.41, 5.74) is 0.587. The first-order chi connectivity index (χ1) is 21.6. The van der Waals surface area contributed by atoms with E-state index in [-0.39, 0.29) is 12.8 Å². The van der Waals surface area contributed by atoms with E-state index in [1.54, 1.807) is 43.6 Å².